The topological polar surface area (TPSA) is 62.5 Å². The number of aromatic nitrogens is 3. The maximum atomic E-state index is 13.7. The first-order valence-corrected chi connectivity index (χ1v) is 9.39. The summed E-state index contributed by atoms with van der Waals surface area (Å²) in [5.41, 5.74) is 2.84. The van der Waals surface area contributed by atoms with Gasteiger partial charge < -0.3 is 10.2 Å². The van der Waals surface area contributed by atoms with Crippen molar-refractivity contribution in [3.63, 3.8) is 0 Å². The molecule has 0 aliphatic carbocycles. The van der Waals surface area contributed by atoms with Gasteiger partial charge in [-0.1, -0.05) is 19.9 Å². The van der Waals surface area contributed by atoms with Crippen molar-refractivity contribution in [3.8, 4) is 0 Å². The van der Waals surface area contributed by atoms with Crippen LogP contribution in [-0.4, -0.2) is 34.1 Å². The van der Waals surface area contributed by atoms with Crippen LogP contribution in [-0.2, 0) is 0 Å². The number of rotatable bonds is 6. The smallest absolute Gasteiger partial charge is 0.256 e. The Hall–Kier alpha value is -2.96. The molecule has 1 amide bonds. The van der Waals surface area contributed by atoms with E-state index < -0.39 is 0 Å². The maximum absolute atomic E-state index is 13.7. The first kappa shape index (κ1) is 19.8. The summed E-state index contributed by atoms with van der Waals surface area (Å²) in [5, 5.41) is 7.12. The van der Waals surface area contributed by atoms with Crippen LogP contribution in [0.5, 0.6) is 0 Å². The molecule has 0 fully saturated rings. The third-order valence-electron chi connectivity index (χ3n) is 4.90. The zero-order valence-corrected chi connectivity index (χ0v) is 16.9. The summed E-state index contributed by atoms with van der Waals surface area (Å²) in [5.74, 6) is 0.590. The van der Waals surface area contributed by atoms with Gasteiger partial charge in [-0.15, -0.1) is 0 Å². The van der Waals surface area contributed by atoms with Crippen LogP contribution < -0.4 is 10.2 Å². The molecule has 0 spiro atoms. The van der Waals surface area contributed by atoms with E-state index in [1.54, 1.807) is 22.8 Å². The first-order valence-electron chi connectivity index (χ1n) is 9.39. The van der Waals surface area contributed by atoms with Crippen molar-refractivity contribution in [2.45, 2.75) is 33.7 Å². The van der Waals surface area contributed by atoms with Gasteiger partial charge in [0.2, 0.25) is 0 Å². The van der Waals surface area contributed by atoms with Crippen molar-refractivity contribution in [2.75, 3.05) is 18.5 Å². The van der Waals surface area contributed by atoms with Crippen molar-refractivity contribution in [3.05, 3.63) is 59.2 Å². The lowest BCUT2D eigenvalue weighted by atomic mass is 10.0. The Kier molecular flexibility index (Phi) is 5.63. The van der Waals surface area contributed by atoms with E-state index in [1.807, 2.05) is 45.7 Å². The molecule has 0 unspecified atom stereocenters. The van der Waals surface area contributed by atoms with Crippen molar-refractivity contribution in [2.24, 2.45) is 5.92 Å². The fourth-order valence-electron chi connectivity index (χ4n) is 3.08. The van der Waals surface area contributed by atoms with Gasteiger partial charge in [-0.2, -0.15) is 5.10 Å². The van der Waals surface area contributed by atoms with E-state index in [0.717, 1.165) is 11.1 Å². The van der Waals surface area contributed by atoms with Gasteiger partial charge in [0.25, 0.3) is 5.91 Å². The second kappa shape index (κ2) is 7.96. The predicted octanol–water partition coefficient (Wildman–Crippen LogP) is 3.76. The van der Waals surface area contributed by atoms with E-state index in [0.29, 0.717) is 29.5 Å². The second-order valence-electron chi connectivity index (χ2n) is 7.50. The summed E-state index contributed by atoms with van der Waals surface area (Å²) >= 11 is 0. The van der Waals surface area contributed by atoms with Crippen LogP contribution in [0.15, 0.2) is 36.7 Å². The van der Waals surface area contributed by atoms with Gasteiger partial charge in [0, 0.05) is 19.8 Å². The summed E-state index contributed by atoms with van der Waals surface area (Å²) < 4.78 is 15.3. The monoisotopic (exact) mass is 383 g/mol. The molecule has 3 aromatic rings. The average molecular weight is 383 g/mol. The van der Waals surface area contributed by atoms with Crippen LogP contribution in [0.25, 0.3) is 5.65 Å². The molecular formula is C21H26FN5O. The minimum Gasteiger partial charge on any atom is -0.353 e. The molecule has 0 radical (unpaired) electrons. The summed E-state index contributed by atoms with van der Waals surface area (Å²) in [7, 11) is 1.91. The number of anilines is 1. The normalized spacial score (nSPS) is 12.4. The highest BCUT2D eigenvalue weighted by atomic mass is 19.1. The summed E-state index contributed by atoms with van der Waals surface area (Å²) in [6.45, 7) is 8.63. The standard InChI is InChI=1S/C21H26FN5O/c1-13(2)11-23-21(28)18-12-24-27-9-8-19(25-20(18)27)26(5)15(4)17-10-16(22)7-6-14(17)3/h6-10,12-13,15H,11H2,1-5H3,(H,23,28)/t15-/m1/s1. The van der Waals surface area contributed by atoms with E-state index in [2.05, 4.69) is 15.4 Å². The lowest BCUT2D eigenvalue weighted by Crippen LogP contribution is -2.27. The Bertz CT molecular complexity index is 998. The van der Waals surface area contributed by atoms with E-state index in [9.17, 15) is 9.18 Å². The molecule has 2 heterocycles. The van der Waals surface area contributed by atoms with Crippen LogP contribution >= 0.6 is 0 Å². The Morgan fingerprint density at radius 3 is 2.75 bits per heavy atom. The van der Waals surface area contributed by atoms with Gasteiger partial charge in [-0.25, -0.2) is 13.9 Å². The molecule has 6 nitrogen and oxygen atoms in total. The van der Waals surface area contributed by atoms with E-state index in [1.165, 1.54) is 12.3 Å². The van der Waals surface area contributed by atoms with Gasteiger partial charge in [-0.3, -0.25) is 4.79 Å². The Morgan fingerprint density at radius 2 is 2.04 bits per heavy atom. The minimum atomic E-state index is -0.260. The first-order chi connectivity index (χ1) is 13.3. The highest BCUT2D eigenvalue weighted by molar-refractivity contribution is 5.99. The number of carbonyl (C=O) groups is 1. The number of hydrogen-bond acceptors (Lipinski definition) is 4. The van der Waals surface area contributed by atoms with Gasteiger partial charge >= 0.3 is 0 Å². The molecule has 0 saturated heterocycles. The second-order valence-corrected chi connectivity index (χ2v) is 7.50. The molecule has 28 heavy (non-hydrogen) atoms. The van der Waals surface area contributed by atoms with Crippen LogP contribution in [0.4, 0.5) is 10.2 Å². The molecular weight excluding hydrogens is 357 g/mol. The van der Waals surface area contributed by atoms with Gasteiger partial charge in [0.1, 0.15) is 17.2 Å². The number of hydrogen-bond donors (Lipinski definition) is 1. The molecule has 1 atom stereocenters. The maximum Gasteiger partial charge on any atom is 0.256 e. The van der Waals surface area contributed by atoms with Crippen molar-refractivity contribution in [1.29, 1.82) is 0 Å². The predicted molar refractivity (Wildman–Crippen MR) is 108 cm³/mol. The lowest BCUT2D eigenvalue weighted by molar-refractivity contribution is 0.0950. The Morgan fingerprint density at radius 1 is 1.29 bits per heavy atom. The van der Waals surface area contributed by atoms with E-state index in [4.69, 9.17) is 0 Å². The number of carbonyl (C=O) groups excluding carboxylic acids is 1. The van der Waals surface area contributed by atoms with E-state index in [-0.39, 0.29) is 17.8 Å². The number of fused-ring (bicyclic) bond motifs is 1. The van der Waals surface area contributed by atoms with Gasteiger partial charge in [-0.05, 0) is 49.1 Å². The van der Waals surface area contributed by atoms with Crippen molar-refractivity contribution in [1.82, 2.24) is 19.9 Å². The summed E-state index contributed by atoms with van der Waals surface area (Å²) in [4.78, 5) is 19.1. The molecule has 0 saturated carbocycles. The minimum absolute atomic E-state index is 0.0909. The summed E-state index contributed by atoms with van der Waals surface area (Å²) in [6.07, 6.45) is 3.31. The SMILES string of the molecule is Cc1ccc(F)cc1[C@@H](C)N(C)c1ccn2ncc(C(=O)NCC(C)C)c2n1. The average Bonchev–Trinajstić information content (AvgIpc) is 3.10. The summed E-state index contributed by atoms with van der Waals surface area (Å²) in [6, 6.07) is 6.54. The number of halogens is 1. The van der Waals surface area contributed by atoms with Crippen LogP contribution in [0.3, 0.4) is 0 Å². The quantitative estimate of drug-likeness (QED) is 0.704. The molecule has 0 aliphatic heterocycles. The molecule has 0 bridgehead atoms. The number of nitrogens with one attached hydrogen (secondary N) is 1. The van der Waals surface area contributed by atoms with Crippen LogP contribution in [0.1, 0.15) is 48.3 Å². The third kappa shape index (κ3) is 3.98. The molecule has 1 aromatic carbocycles. The zero-order valence-electron chi connectivity index (χ0n) is 16.9. The number of amides is 1. The largest absolute Gasteiger partial charge is 0.353 e. The van der Waals surface area contributed by atoms with Gasteiger partial charge in [0.05, 0.1) is 12.2 Å². The highest BCUT2D eigenvalue weighted by Crippen LogP contribution is 2.27. The molecule has 0 aliphatic rings. The number of aryl methyl sites for hydroxylation is 1. The van der Waals surface area contributed by atoms with Gasteiger partial charge in [0.15, 0.2) is 5.65 Å². The number of nitrogens with zero attached hydrogens (tertiary/aromatic N) is 4. The van der Waals surface area contributed by atoms with E-state index >= 15 is 0 Å². The Labute approximate surface area is 164 Å². The molecule has 7 heteroatoms. The highest BCUT2D eigenvalue weighted by Gasteiger charge is 2.19. The van der Waals surface area contributed by atoms with Crippen LogP contribution in [0.2, 0.25) is 0 Å². The molecule has 2 aromatic heterocycles. The Balaban J connectivity index is 1.91. The molecule has 148 valence electrons. The molecule has 1 N–H and O–H groups in total. The van der Waals surface area contributed by atoms with Crippen molar-refractivity contribution >= 4 is 17.4 Å². The fourth-order valence-corrected chi connectivity index (χ4v) is 3.08. The number of benzene rings is 1. The van der Waals surface area contributed by atoms with Crippen LogP contribution in [0, 0.1) is 18.7 Å². The van der Waals surface area contributed by atoms with Crippen molar-refractivity contribution < 1.29 is 9.18 Å². The third-order valence-corrected chi connectivity index (χ3v) is 4.90. The molecule has 3 rings (SSSR count). The zero-order chi connectivity index (χ0) is 20.4. The lowest BCUT2D eigenvalue weighted by Gasteiger charge is -2.27. The fraction of sp³-hybridized carbons (Fsp3) is 0.381.